The van der Waals surface area contributed by atoms with Crippen LogP contribution < -0.4 is 10.5 Å². The number of halogens is 2. The molecule has 0 heterocycles. The molecular formula is C13H10F2N2O3S. The van der Waals surface area contributed by atoms with Crippen LogP contribution in [0.1, 0.15) is 10.4 Å². The highest BCUT2D eigenvalue weighted by atomic mass is 32.2. The third-order valence-corrected chi connectivity index (χ3v) is 3.54. The van der Waals surface area contributed by atoms with Gasteiger partial charge in [-0.15, -0.1) is 0 Å². The van der Waals surface area contributed by atoms with Crippen molar-refractivity contribution in [3.63, 3.8) is 0 Å². The highest BCUT2D eigenvalue weighted by Crippen LogP contribution is 2.20. The number of carbonyl (C=O) groups excluding carboxylic acids is 1. The summed E-state index contributed by atoms with van der Waals surface area (Å²) in [7, 11) is -4.04. The highest BCUT2D eigenvalue weighted by Gasteiger charge is 2.16. The molecule has 0 fully saturated rings. The van der Waals surface area contributed by atoms with Gasteiger partial charge in [-0.2, -0.15) is 0 Å². The molecule has 0 aliphatic heterocycles. The van der Waals surface area contributed by atoms with Crippen LogP contribution in [0.4, 0.5) is 14.5 Å². The molecule has 0 bridgehead atoms. The van der Waals surface area contributed by atoms with E-state index >= 15 is 0 Å². The van der Waals surface area contributed by atoms with E-state index in [4.69, 9.17) is 5.14 Å². The highest BCUT2D eigenvalue weighted by molar-refractivity contribution is 7.89. The number of para-hydroxylation sites is 1. The summed E-state index contributed by atoms with van der Waals surface area (Å²) in [6, 6.07) is 7.71. The summed E-state index contributed by atoms with van der Waals surface area (Å²) in [6.07, 6.45) is 0. The quantitative estimate of drug-likeness (QED) is 0.906. The van der Waals surface area contributed by atoms with Gasteiger partial charge in [-0.1, -0.05) is 12.1 Å². The number of nitrogens with one attached hydrogen (secondary N) is 1. The molecule has 21 heavy (non-hydrogen) atoms. The first-order chi connectivity index (χ1) is 9.77. The number of sulfonamides is 1. The Labute approximate surface area is 119 Å². The summed E-state index contributed by atoms with van der Waals surface area (Å²) in [6.45, 7) is 0. The number of amides is 1. The standard InChI is InChI=1S/C13H10F2N2O3S/c14-9-5-8(6-10(15)7-9)13(18)17-11-3-1-2-4-12(11)21(16,19)20/h1-7H,(H,17,18)(H2,16,19,20). The smallest absolute Gasteiger partial charge is 0.255 e. The first-order valence-electron chi connectivity index (χ1n) is 5.66. The Kier molecular flexibility index (Phi) is 4.01. The van der Waals surface area contributed by atoms with E-state index in [-0.39, 0.29) is 16.1 Å². The van der Waals surface area contributed by atoms with Crippen molar-refractivity contribution in [1.29, 1.82) is 0 Å². The fourth-order valence-electron chi connectivity index (χ4n) is 1.70. The number of hydrogen-bond donors (Lipinski definition) is 2. The van der Waals surface area contributed by atoms with Crippen LogP contribution in [0.2, 0.25) is 0 Å². The van der Waals surface area contributed by atoms with E-state index in [0.29, 0.717) is 6.07 Å². The number of anilines is 1. The summed E-state index contributed by atoms with van der Waals surface area (Å²) in [5, 5.41) is 7.28. The van der Waals surface area contributed by atoms with Crippen LogP contribution in [0.5, 0.6) is 0 Å². The molecule has 0 saturated carbocycles. The summed E-state index contributed by atoms with van der Waals surface area (Å²) in [5.74, 6) is -2.69. The SMILES string of the molecule is NS(=O)(=O)c1ccccc1NC(=O)c1cc(F)cc(F)c1. The Balaban J connectivity index is 2.37. The van der Waals surface area contributed by atoms with Crippen molar-refractivity contribution in [2.75, 3.05) is 5.32 Å². The predicted molar refractivity (Wildman–Crippen MR) is 72.1 cm³/mol. The summed E-state index contributed by atoms with van der Waals surface area (Å²) in [4.78, 5) is 11.6. The van der Waals surface area contributed by atoms with Crippen molar-refractivity contribution >= 4 is 21.6 Å². The van der Waals surface area contributed by atoms with Crippen molar-refractivity contribution < 1.29 is 22.0 Å². The number of hydrogen-bond acceptors (Lipinski definition) is 3. The zero-order chi connectivity index (χ0) is 15.6. The molecule has 0 unspecified atom stereocenters. The van der Waals surface area contributed by atoms with Crippen molar-refractivity contribution in [2.24, 2.45) is 5.14 Å². The van der Waals surface area contributed by atoms with E-state index in [0.717, 1.165) is 12.1 Å². The minimum absolute atomic E-state index is 0.0744. The van der Waals surface area contributed by atoms with Gasteiger partial charge in [0.05, 0.1) is 5.69 Å². The lowest BCUT2D eigenvalue weighted by molar-refractivity contribution is 0.102. The van der Waals surface area contributed by atoms with Crippen LogP contribution >= 0.6 is 0 Å². The van der Waals surface area contributed by atoms with E-state index < -0.39 is 27.6 Å². The van der Waals surface area contributed by atoms with Gasteiger partial charge in [0.15, 0.2) is 0 Å². The maximum absolute atomic E-state index is 13.1. The van der Waals surface area contributed by atoms with Gasteiger partial charge in [0.1, 0.15) is 16.5 Å². The molecule has 110 valence electrons. The van der Waals surface area contributed by atoms with Crippen molar-refractivity contribution in [1.82, 2.24) is 0 Å². The van der Waals surface area contributed by atoms with Crippen LogP contribution in [-0.4, -0.2) is 14.3 Å². The monoisotopic (exact) mass is 312 g/mol. The molecule has 0 aliphatic carbocycles. The molecule has 0 saturated heterocycles. The number of benzene rings is 2. The number of primary sulfonamides is 1. The molecule has 1 amide bonds. The molecule has 3 N–H and O–H groups in total. The number of nitrogens with two attached hydrogens (primary N) is 1. The van der Waals surface area contributed by atoms with Gasteiger partial charge >= 0.3 is 0 Å². The molecule has 0 radical (unpaired) electrons. The number of rotatable bonds is 3. The topological polar surface area (TPSA) is 89.3 Å². The van der Waals surface area contributed by atoms with Crippen LogP contribution in [0.15, 0.2) is 47.4 Å². The van der Waals surface area contributed by atoms with Crippen LogP contribution in [0.3, 0.4) is 0 Å². The van der Waals surface area contributed by atoms with Gasteiger partial charge in [0.2, 0.25) is 10.0 Å². The zero-order valence-corrected chi connectivity index (χ0v) is 11.3. The maximum atomic E-state index is 13.1. The molecule has 8 heteroatoms. The van der Waals surface area contributed by atoms with Crippen LogP contribution in [-0.2, 0) is 10.0 Å². The minimum atomic E-state index is -4.04. The van der Waals surface area contributed by atoms with E-state index in [2.05, 4.69) is 5.32 Å². The largest absolute Gasteiger partial charge is 0.321 e. The number of carbonyl (C=O) groups is 1. The second kappa shape index (κ2) is 5.58. The lowest BCUT2D eigenvalue weighted by atomic mass is 10.2. The second-order valence-electron chi connectivity index (χ2n) is 4.15. The molecule has 0 spiro atoms. The first-order valence-corrected chi connectivity index (χ1v) is 7.21. The lowest BCUT2D eigenvalue weighted by Gasteiger charge is -2.09. The van der Waals surface area contributed by atoms with Crippen LogP contribution in [0.25, 0.3) is 0 Å². The van der Waals surface area contributed by atoms with E-state index in [1.54, 1.807) is 0 Å². The maximum Gasteiger partial charge on any atom is 0.255 e. The summed E-state index contributed by atoms with van der Waals surface area (Å²) >= 11 is 0. The van der Waals surface area contributed by atoms with Crippen molar-refractivity contribution in [2.45, 2.75) is 4.90 Å². The molecule has 2 aromatic rings. The zero-order valence-electron chi connectivity index (χ0n) is 10.5. The van der Waals surface area contributed by atoms with Gasteiger partial charge in [-0.25, -0.2) is 22.3 Å². The van der Waals surface area contributed by atoms with Gasteiger partial charge in [0.25, 0.3) is 5.91 Å². The Morgan fingerprint density at radius 1 is 1.05 bits per heavy atom. The fourth-order valence-corrected chi connectivity index (χ4v) is 2.39. The molecule has 0 atom stereocenters. The van der Waals surface area contributed by atoms with E-state index in [1.165, 1.54) is 24.3 Å². The van der Waals surface area contributed by atoms with Gasteiger partial charge in [-0.05, 0) is 24.3 Å². The Bertz CT molecular complexity index is 787. The third kappa shape index (κ3) is 3.61. The molecule has 0 aromatic heterocycles. The molecule has 0 aliphatic rings. The Hall–Kier alpha value is -2.32. The van der Waals surface area contributed by atoms with Gasteiger partial charge < -0.3 is 5.32 Å². The van der Waals surface area contributed by atoms with Crippen LogP contribution in [0, 0.1) is 11.6 Å². The first kappa shape index (κ1) is 15.1. The van der Waals surface area contributed by atoms with Crippen molar-refractivity contribution in [3.8, 4) is 0 Å². The third-order valence-electron chi connectivity index (χ3n) is 2.57. The minimum Gasteiger partial charge on any atom is -0.321 e. The van der Waals surface area contributed by atoms with E-state index in [1.807, 2.05) is 0 Å². The van der Waals surface area contributed by atoms with Gasteiger partial charge in [-0.3, -0.25) is 4.79 Å². The summed E-state index contributed by atoms with van der Waals surface area (Å²) < 4.78 is 48.9. The van der Waals surface area contributed by atoms with Crippen molar-refractivity contribution in [3.05, 3.63) is 59.7 Å². The second-order valence-corrected chi connectivity index (χ2v) is 5.68. The summed E-state index contributed by atoms with van der Waals surface area (Å²) in [5.41, 5.74) is -0.355. The Morgan fingerprint density at radius 2 is 1.62 bits per heavy atom. The molecular weight excluding hydrogens is 302 g/mol. The average molecular weight is 312 g/mol. The molecule has 5 nitrogen and oxygen atoms in total. The van der Waals surface area contributed by atoms with E-state index in [9.17, 15) is 22.0 Å². The fraction of sp³-hybridized carbons (Fsp3) is 0. The molecule has 2 rings (SSSR count). The lowest BCUT2D eigenvalue weighted by Crippen LogP contribution is -2.18. The average Bonchev–Trinajstić information content (AvgIpc) is 2.37. The molecule has 2 aromatic carbocycles. The van der Waals surface area contributed by atoms with Gasteiger partial charge in [0, 0.05) is 11.6 Å². The normalized spacial score (nSPS) is 11.2. The predicted octanol–water partition coefficient (Wildman–Crippen LogP) is 1.86. The Morgan fingerprint density at radius 3 is 2.19 bits per heavy atom.